The Kier molecular flexibility index (Phi) is 3.58. The SMILES string of the molecule is O=C(NCCC1CC2CCC1C2)c1cnn2c1[nH]c(=O)c1ccccc12. The van der Waals surface area contributed by atoms with E-state index in [9.17, 15) is 9.59 Å². The Morgan fingerprint density at radius 3 is 2.96 bits per heavy atom. The molecule has 2 saturated carbocycles. The zero-order valence-electron chi connectivity index (χ0n) is 14.6. The van der Waals surface area contributed by atoms with E-state index < -0.39 is 0 Å². The molecule has 26 heavy (non-hydrogen) atoms. The molecule has 3 aromatic rings. The van der Waals surface area contributed by atoms with Gasteiger partial charge in [-0.05, 0) is 55.6 Å². The molecule has 0 aliphatic heterocycles. The first-order valence-electron chi connectivity index (χ1n) is 9.47. The average molecular weight is 350 g/mol. The third kappa shape index (κ3) is 2.43. The van der Waals surface area contributed by atoms with Gasteiger partial charge in [-0.15, -0.1) is 0 Å². The Balaban J connectivity index is 1.35. The summed E-state index contributed by atoms with van der Waals surface area (Å²) in [6, 6.07) is 7.26. The fourth-order valence-electron chi connectivity index (χ4n) is 5.04. The van der Waals surface area contributed by atoms with E-state index >= 15 is 0 Å². The molecule has 1 amide bonds. The number of para-hydroxylation sites is 1. The number of aromatic nitrogens is 3. The molecular weight excluding hydrogens is 328 g/mol. The number of nitrogens with one attached hydrogen (secondary N) is 2. The van der Waals surface area contributed by atoms with Crippen molar-refractivity contribution in [2.75, 3.05) is 6.54 Å². The lowest BCUT2D eigenvalue weighted by atomic mass is 9.86. The lowest BCUT2D eigenvalue weighted by molar-refractivity contribution is 0.0951. The molecule has 2 fully saturated rings. The summed E-state index contributed by atoms with van der Waals surface area (Å²) in [6.45, 7) is 0.682. The molecule has 0 spiro atoms. The molecule has 6 nitrogen and oxygen atoms in total. The number of H-pyrrole nitrogens is 1. The van der Waals surface area contributed by atoms with Gasteiger partial charge in [0.2, 0.25) is 0 Å². The predicted molar refractivity (Wildman–Crippen MR) is 99.2 cm³/mol. The van der Waals surface area contributed by atoms with Gasteiger partial charge in [-0.25, -0.2) is 4.52 Å². The van der Waals surface area contributed by atoms with Gasteiger partial charge in [0.1, 0.15) is 11.2 Å². The molecule has 6 heteroatoms. The fourth-order valence-corrected chi connectivity index (χ4v) is 5.04. The topological polar surface area (TPSA) is 79.3 Å². The van der Waals surface area contributed by atoms with E-state index in [-0.39, 0.29) is 11.5 Å². The number of amides is 1. The summed E-state index contributed by atoms with van der Waals surface area (Å²) >= 11 is 0. The predicted octanol–water partition coefficient (Wildman–Crippen LogP) is 2.73. The first kappa shape index (κ1) is 15.6. The Morgan fingerprint density at radius 2 is 2.15 bits per heavy atom. The lowest BCUT2D eigenvalue weighted by Gasteiger charge is -2.21. The van der Waals surface area contributed by atoms with Crippen LogP contribution in [-0.2, 0) is 0 Å². The van der Waals surface area contributed by atoms with Crippen LogP contribution in [0.2, 0.25) is 0 Å². The number of hydrogen-bond donors (Lipinski definition) is 2. The fraction of sp³-hybridized carbons (Fsp3) is 0.450. The highest BCUT2D eigenvalue weighted by Crippen LogP contribution is 2.49. The van der Waals surface area contributed by atoms with Crippen molar-refractivity contribution in [3.63, 3.8) is 0 Å². The monoisotopic (exact) mass is 350 g/mol. The normalized spacial score (nSPS) is 24.5. The van der Waals surface area contributed by atoms with Crippen molar-refractivity contribution in [1.82, 2.24) is 19.9 Å². The Morgan fingerprint density at radius 1 is 1.27 bits per heavy atom. The van der Waals surface area contributed by atoms with Gasteiger partial charge in [0.15, 0.2) is 0 Å². The van der Waals surface area contributed by atoms with Crippen molar-refractivity contribution in [2.45, 2.75) is 32.1 Å². The molecule has 3 atom stereocenters. The molecule has 0 saturated heterocycles. The number of fused-ring (bicyclic) bond motifs is 5. The number of aromatic amines is 1. The van der Waals surface area contributed by atoms with Crippen LogP contribution in [0.15, 0.2) is 35.3 Å². The number of hydrogen-bond acceptors (Lipinski definition) is 3. The molecule has 2 bridgehead atoms. The molecular formula is C20H22N4O2. The van der Waals surface area contributed by atoms with Crippen molar-refractivity contribution in [3.05, 3.63) is 46.4 Å². The highest BCUT2D eigenvalue weighted by atomic mass is 16.1. The summed E-state index contributed by atoms with van der Waals surface area (Å²) < 4.78 is 1.63. The van der Waals surface area contributed by atoms with E-state index in [2.05, 4.69) is 15.4 Å². The van der Waals surface area contributed by atoms with Gasteiger partial charge in [0.05, 0.1) is 17.1 Å². The second-order valence-corrected chi connectivity index (χ2v) is 7.77. The number of rotatable bonds is 4. The number of carbonyl (C=O) groups excluding carboxylic acids is 1. The third-order valence-electron chi connectivity index (χ3n) is 6.31. The van der Waals surface area contributed by atoms with Crippen molar-refractivity contribution >= 4 is 22.5 Å². The summed E-state index contributed by atoms with van der Waals surface area (Å²) in [4.78, 5) is 27.7. The molecule has 5 rings (SSSR count). The van der Waals surface area contributed by atoms with E-state index in [1.165, 1.54) is 31.9 Å². The zero-order valence-corrected chi connectivity index (χ0v) is 14.6. The molecule has 2 heterocycles. The number of benzene rings is 1. The summed E-state index contributed by atoms with van der Waals surface area (Å²) in [5.74, 6) is 2.39. The Bertz CT molecular complexity index is 1050. The molecule has 2 N–H and O–H groups in total. The van der Waals surface area contributed by atoms with E-state index in [4.69, 9.17) is 0 Å². The van der Waals surface area contributed by atoms with Crippen molar-refractivity contribution in [3.8, 4) is 0 Å². The third-order valence-corrected chi connectivity index (χ3v) is 6.31. The minimum Gasteiger partial charge on any atom is -0.352 e. The summed E-state index contributed by atoms with van der Waals surface area (Å²) in [5.41, 5.74) is 1.36. The van der Waals surface area contributed by atoms with E-state index in [1.807, 2.05) is 18.2 Å². The van der Waals surface area contributed by atoms with Gasteiger partial charge in [-0.3, -0.25) is 9.59 Å². The van der Waals surface area contributed by atoms with Crippen molar-refractivity contribution < 1.29 is 4.79 Å². The second-order valence-electron chi connectivity index (χ2n) is 7.77. The van der Waals surface area contributed by atoms with Gasteiger partial charge in [-0.2, -0.15) is 5.10 Å². The molecule has 3 unspecified atom stereocenters. The quantitative estimate of drug-likeness (QED) is 0.759. The van der Waals surface area contributed by atoms with Crippen molar-refractivity contribution in [1.29, 1.82) is 0 Å². The van der Waals surface area contributed by atoms with Gasteiger partial charge < -0.3 is 10.3 Å². The van der Waals surface area contributed by atoms with Gasteiger partial charge in [0.25, 0.3) is 11.5 Å². The average Bonchev–Trinajstić information content (AvgIpc) is 3.37. The highest BCUT2D eigenvalue weighted by molar-refractivity contribution is 6.00. The Labute approximate surface area is 150 Å². The molecule has 134 valence electrons. The van der Waals surface area contributed by atoms with Crippen LogP contribution < -0.4 is 10.9 Å². The maximum atomic E-state index is 12.6. The number of carbonyl (C=O) groups is 1. The molecule has 1 aromatic carbocycles. The maximum Gasteiger partial charge on any atom is 0.259 e. The summed E-state index contributed by atoms with van der Waals surface area (Å²) in [5, 5.41) is 7.89. The molecule has 2 aromatic heterocycles. The lowest BCUT2D eigenvalue weighted by Crippen LogP contribution is -2.27. The van der Waals surface area contributed by atoms with Crippen LogP contribution in [0, 0.1) is 17.8 Å². The van der Waals surface area contributed by atoms with E-state index in [1.54, 1.807) is 10.6 Å². The van der Waals surface area contributed by atoms with Crippen LogP contribution in [0.25, 0.3) is 16.6 Å². The van der Waals surface area contributed by atoms with Crippen LogP contribution in [0.3, 0.4) is 0 Å². The second kappa shape index (κ2) is 5.97. The van der Waals surface area contributed by atoms with E-state index in [0.29, 0.717) is 28.7 Å². The van der Waals surface area contributed by atoms with Crippen LogP contribution in [0.1, 0.15) is 42.5 Å². The highest BCUT2D eigenvalue weighted by Gasteiger charge is 2.38. The zero-order chi connectivity index (χ0) is 17.7. The first-order chi connectivity index (χ1) is 12.7. The minimum atomic E-state index is -0.204. The molecule has 2 aliphatic carbocycles. The Hall–Kier alpha value is -2.63. The van der Waals surface area contributed by atoms with Crippen molar-refractivity contribution in [2.24, 2.45) is 17.8 Å². The molecule has 0 radical (unpaired) electrons. The molecule has 2 aliphatic rings. The summed E-state index contributed by atoms with van der Waals surface area (Å²) in [7, 11) is 0. The smallest absolute Gasteiger partial charge is 0.259 e. The number of nitrogens with zero attached hydrogens (tertiary/aromatic N) is 2. The largest absolute Gasteiger partial charge is 0.352 e. The van der Waals surface area contributed by atoms with Crippen LogP contribution in [0.5, 0.6) is 0 Å². The van der Waals surface area contributed by atoms with Crippen LogP contribution >= 0.6 is 0 Å². The summed E-state index contributed by atoms with van der Waals surface area (Å²) in [6.07, 6.45) is 8.07. The van der Waals surface area contributed by atoms with Crippen LogP contribution in [0.4, 0.5) is 0 Å². The van der Waals surface area contributed by atoms with E-state index in [0.717, 1.165) is 24.2 Å². The maximum absolute atomic E-state index is 12.6. The minimum absolute atomic E-state index is 0.172. The van der Waals surface area contributed by atoms with Gasteiger partial charge in [0, 0.05) is 6.54 Å². The van der Waals surface area contributed by atoms with Gasteiger partial charge in [-0.1, -0.05) is 18.6 Å². The van der Waals surface area contributed by atoms with Gasteiger partial charge >= 0.3 is 0 Å². The van der Waals surface area contributed by atoms with Crippen LogP contribution in [-0.4, -0.2) is 27.0 Å². The standard InChI is InChI=1S/C20H22N4O2/c25-19(21-8-7-14-10-12-5-6-13(14)9-12)16-11-22-24-17-4-2-1-3-15(17)20(26)23-18(16)24/h1-4,11-14H,5-10H2,(H,21,25)(H,23,26). The first-order valence-corrected chi connectivity index (χ1v) is 9.47.